The number of rotatable bonds is 7. The Morgan fingerprint density at radius 1 is 0.889 bits per heavy atom. The van der Waals surface area contributed by atoms with Crippen LogP contribution in [0, 0.1) is 0 Å². The third-order valence-electron chi connectivity index (χ3n) is 4.36. The van der Waals surface area contributed by atoms with Crippen molar-refractivity contribution < 1.29 is 14.7 Å². The lowest BCUT2D eigenvalue weighted by Gasteiger charge is -2.07. The van der Waals surface area contributed by atoms with Crippen LogP contribution in [0.15, 0.2) is 78.4 Å². The summed E-state index contributed by atoms with van der Waals surface area (Å²) in [5.41, 5.74) is 1.99. The molecule has 0 spiro atoms. The molecule has 3 aromatic rings. The van der Waals surface area contributed by atoms with Gasteiger partial charge in [0.15, 0.2) is 0 Å². The van der Waals surface area contributed by atoms with Gasteiger partial charge in [0, 0.05) is 12.1 Å². The number of carboxylic acid groups (broad SMARTS) is 1. The Labute approximate surface area is 158 Å². The second-order valence-electron chi connectivity index (χ2n) is 6.31. The van der Waals surface area contributed by atoms with Crippen LogP contribution >= 0.6 is 0 Å². The van der Waals surface area contributed by atoms with Gasteiger partial charge in [-0.3, -0.25) is 4.79 Å². The molecule has 136 valence electrons. The first-order valence-electron chi connectivity index (χ1n) is 8.86. The van der Waals surface area contributed by atoms with Gasteiger partial charge in [-0.25, -0.2) is 4.79 Å². The molecule has 0 aliphatic carbocycles. The van der Waals surface area contributed by atoms with E-state index >= 15 is 0 Å². The van der Waals surface area contributed by atoms with Gasteiger partial charge in [0.25, 0.3) is 0 Å². The largest absolute Gasteiger partial charge is 0.478 e. The minimum Gasteiger partial charge on any atom is -0.478 e. The third kappa shape index (κ3) is 5.05. The molecule has 0 fully saturated rings. The molecule has 3 aromatic carbocycles. The van der Waals surface area contributed by atoms with Crippen molar-refractivity contribution in [1.82, 2.24) is 5.32 Å². The minimum absolute atomic E-state index is 0.0727. The van der Waals surface area contributed by atoms with Gasteiger partial charge in [-0.2, -0.15) is 0 Å². The molecule has 0 saturated carbocycles. The van der Waals surface area contributed by atoms with Crippen LogP contribution in [0.5, 0.6) is 0 Å². The zero-order valence-corrected chi connectivity index (χ0v) is 14.9. The average molecular weight is 359 g/mol. The van der Waals surface area contributed by atoms with E-state index in [1.165, 1.54) is 0 Å². The number of aliphatic carboxylic acids is 1. The molecule has 0 heterocycles. The van der Waals surface area contributed by atoms with Crippen molar-refractivity contribution in [3.8, 4) is 0 Å². The highest BCUT2D eigenvalue weighted by Gasteiger charge is 2.13. The molecule has 0 saturated heterocycles. The van der Waals surface area contributed by atoms with Gasteiger partial charge >= 0.3 is 5.97 Å². The fourth-order valence-electron chi connectivity index (χ4n) is 2.98. The van der Waals surface area contributed by atoms with Crippen molar-refractivity contribution in [2.75, 3.05) is 6.54 Å². The van der Waals surface area contributed by atoms with E-state index in [0.717, 1.165) is 21.9 Å². The van der Waals surface area contributed by atoms with E-state index in [0.29, 0.717) is 13.0 Å². The Morgan fingerprint density at radius 3 is 2.37 bits per heavy atom. The first-order valence-corrected chi connectivity index (χ1v) is 8.86. The van der Waals surface area contributed by atoms with E-state index < -0.39 is 5.97 Å². The normalized spacial score (nSPS) is 11.3. The Kier molecular flexibility index (Phi) is 6.00. The minimum atomic E-state index is -1.08. The molecule has 3 rings (SSSR count). The first kappa shape index (κ1) is 18.4. The number of nitrogens with one attached hydrogen (secondary N) is 1. The van der Waals surface area contributed by atoms with Crippen molar-refractivity contribution in [2.45, 2.75) is 12.8 Å². The second-order valence-corrected chi connectivity index (χ2v) is 6.31. The predicted octanol–water partition coefficient (Wildman–Crippen LogP) is 4.06. The summed E-state index contributed by atoms with van der Waals surface area (Å²) in [6.07, 6.45) is 2.14. The SMILES string of the molecule is O=C(CC(=Cc1cccc2ccccc12)C(=O)O)NCCc1ccccc1. The summed E-state index contributed by atoms with van der Waals surface area (Å²) in [6.45, 7) is 0.476. The number of carbonyl (C=O) groups excluding carboxylic acids is 1. The lowest BCUT2D eigenvalue weighted by molar-refractivity contribution is -0.134. The van der Waals surface area contributed by atoms with Crippen LogP contribution in [-0.4, -0.2) is 23.5 Å². The van der Waals surface area contributed by atoms with Crippen LogP contribution in [0.4, 0.5) is 0 Å². The number of amides is 1. The molecule has 0 aliphatic rings. The standard InChI is InChI=1S/C23H21NO3/c25-22(24-14-13-17-7-2-1-3-8-17)16-20(23(26)27)15-19-11-6-10-18-9-4-5-12-21(18)19/h1-12,15H,13-14,16H2,(H,24,25)(H,26,27). The lowest BCUT2D eigenvalue weighted by atomic mass is 10.0. The fraction of sp³-hybridized carbons (Fsp3) is 0.130. The second kappa shape index (κ2) is 8.81. The molecule has 0 radical (unpaired) electrons. The molecule has 2 N–H and O–H groups in total. The molecular weight excluding hydrogens is 338 g/mol. The summed E-state index contributed by atoms with van der Waals surface area (Å²) in [5, 5.41) is 14.3. The van der Waals surface area contributed by atoms with E-state index in [1.54, 1.807) is 6.08 Å². The van der Waals surface area contributed by atoms with Gasteiger partial charge in [-0.05, 0) is 34.4 Å². The van der Waals surface area contributed by atoms with E-state index in [2.05, 4.69) is 5.32 Å². The van der Waals surface area contributed by atoms with Crippen LogP contribution in [-0.2, 0) is 16.0 Å². The summed E-state index contributed by atoms with van der Waals surface area (Å²) in [6, 6.07) is 23.3. The molecule has 1 amide bonds. The Hall–Kier alpha value is -3.40. The molecule has 0 bridgehead atoms. The lowest BCUT2D eigenvalue weighted by Crippen LogP contribution is -2.26. The molecule has 0 atom stereocenters. The highest BCUT2D eigenvalue weighted by Crippen LogP contribution is 2.21. The maximum atomic E-state index is 12.2. The summed E-state index contributed by atoms with van der Waals surface area (Å²) in [7, 11) is 0. The van der Waals surface area contributed by atoms with Gasteiger partial charge in [-0.1, -0.05) is 72.8 Å². The molecule has 4 heteroatoms. The molecule has 0 aliphatic heterocycles. The quantitative estimate of drug-likeness (QED) is 0.625. The van der Waals surface area contributed by atoms with E-state index in [-0.39, 0.29) is 17.9 Å². The number of hydrogen-bond donors (Lipinski definition) is 2. The zero-order chi connectivity index (χ0) is 19.1. The predicted molar refractivity (Wildman–Crippen MR) is 107 cm³/mol. The number of benzene rings is 3. The first-order chi connectivity index (χ1) is 13.1. The van der Waals surface area contributed by atoms with Gasteiger partial charge in [0.05, 0.1) is 6.42 Å². The molecule has 4 nitrogen and oxygen atoms in total. The summed E-state index contributed by atoms with van der Waals surface area (Å²) >= 11 is 0. The molecule has 0 aromatic heterocycles. The van der Waals surface area contributed by atoms with Gasteiger partial charge in [0.1, 0.15) is 0 Å². The highest BCUT2D eigenvalue weighted by atomic mass is 16.4. The van der Waals surface area contributed by atoms with Gasteiger partial charge < -0.3 is 10.4 Å². The molecule has 27 heavy (non-hydrogen) atoms. The summed E-state index contributed by atoms with van der Waals surface area (Å²) in [5.74, 6) is -1.37. The topological polar surface area (TPSA) is 66.4 Å². The van der Waals surface area contributed by atoms with E-state index in [9.17, 15) is 14.7 Å². The van der Waals surface area contributed by atoms with Crippen LogP contribution in [0.1, 0.15) is 17.5 Å². The Morgan fingerprint density at radius 2 is 1.59 bits per heavy atom. The summed E-state index contributed by atoms with van der Waals surface area (Å²) < 4.78 is 0. The smallest absolute Gasteiger partial charge is 0.332 e. The van der Waals surface area contributed by atoms with Crippen LogP contribution in [0.3, 0.4) is 0 Å². The Bertz CT molecular complexity index is 972. The van der Waals surface area contributed by atoms with Crippen molar-refractivity contribution in [1.29, 1.82) is 0 Å². The fourth-order valence-corrected chi connectivity index (χ4v) is 2.98. The Balaban J connectivity index is 1.69. The van der Waals surface area contributed by atoms with Crippen LogP contribution < -0.4 is 5.32 Å². The highest BCUT2D eigenvalue weighted by molar-refractivity contribution is 6.01. The third-order valence-corrected chi connectivity index (χ3v) is 4.36. The van der Waals surface area contributed by atoms with E-state index in [4.69, 9.17) is 0 Å². The molecule has 0 unspecified atom stereocenters. The number of carboxylic acids is 1. The van der Waals surface area contributed by atoms with Crippen molar-refractivity contribution in [3.63, 3.8) is 0 Å². The van der Waals surface area contributed by atoms with Crippen molar-refractivity contribution in [2.24, 2.45) is 0 Å². The maximum absolute atomic E-state index is 12.2. The van der Waals surface area contributed by atoms with Crippen LogP contribution in [0.25, 0.3) is 16.8 Å². The zero-order valence-electron chi connectivity index (χ0n) is 14.9. The number of carbonyl (C=O) groups is 2. The van der Waals surface area contributed by atoms with Crippen molar-refractivity contribution in [3.05, 3.63) is 89.5 Å². The van der Waals surface area contributed by atoms with Gasteiger partial charge in [-0.15, -0.1) is 0 Å². The molecular formula is C23H21NO3. The summed E-state index contributed by atoms with van der Waals surface area (Å²) in [4.78, 5) is 23.8. The van der Waals surface area contributed by atoms with Crippen molar-refractivity contribution >= 4 is 28.7 Å². The monoisotopic (exact) mass is 359 g/mol. The van der Waals surface area contributed by atoms with E-state index in [1.807, 2.05) is 72.8 Å². The number of fused-ring (bicyclic) bond motifs is 1. The number of hydrogen-bond acceptors (Lipinski definition) is 2. The van der Waals surface area contributed by atoms with Crippen LogP contribution in [0.2, 0.25) is 0 Å². The average Bonchev–Trinajstić information content (AvgIpc) is 2.68. The van der Waals surface area contributed by atoms with Gasteiger partial charge in [0.2, 0.25) is 5.91 Å². The maximum Gasteiger partial charge on any atom is 0.332 e.